The summed E-state index contributed by atoms with van der Waals surface area (Å²) in [7, 11) is 0. The summed E-state index contributed by atoms with van der Waals surface area (Å²) < 4.78 is 0. The minimum atomic E-state index is -1.79. The smallest absolute Gasteiger partial charge is 0.303 e. The Morgan fingerprint density at radius 3 is 2.19 bits per heavy atom. The van der Waals surface area contributed by atoms with Crippen molar-refractivity contribution in [3.05, 3.63) is 23.0 Å². The fourth-order valence-corrected chi connectivity index (χ4v) is 3.96. The third-order valence-corrected chi connectivity index (χ3v) is 5.62. The molecule has 2 heterocycles. The predicted octanol–water partition coefficient (Wildman–Crippen LogP) is -2.72. The van der Waals surface area contributed by atoms with Gasteiger partial charge in [-0.05, 0) is 12.8 Å². The second kappa shape index (κ2) is 11.6. The van der Waals surface area contributed by atoms with Gasteiger partial charge in [-0.15, -0.1) is 0 Å². The van der Waals surface area contributed by atoms with E-state index in [-0.39, 0.29) is 63.0 Å². The van der Waals surface area contributed by atoms with E-state index >= 15 is 0 Å². The average Bonchev–Trinajstić information content (AvgIpc) is 2.74. The Morgan fingerprint density at radius 1 is 1.03 bits per heavy atom. The second-order valence-electron chi connectivity index (χ2n) is 8.05. The summed E-state index contributed by atoms with van der Waals surface area (Å²) in [5, 5.41) is 78.7. The second-order valence-corrected chi connectivity index (χ2v) is 8.05. The zero-order valence-corrected chi connectivity index (χ0v) is 17.6. The molecule has 0 saturated carbocycles. The molecule has 2 aliphatic heterocycles. The van der Waals surface area contributed by atoms with Crippen LogP contribution in [0.25, 0.3) is 0 Å². The fourth-order valence-electron chi connectivity index (χ4n) is 3.96. The summed E-state index contributed by atoms with van der Waals surface area (Å²) in [4.78, 5) is 25.1. The Bertz CT molecular complexity index is 740. The summed E-state index contributed by atoms with van der Waals surface area (Å²) in [6, 6.07) is 0. The maximum absolute atomic E-state index is 10.9. The maximum atomic E-state index is 10.9. The van der Waals surface area contributed by atoms with E-state index in [9.17, 15) is 35.1 Å². The highest BCUT2D eigenvalue weighted by Gasteiger charge is 2.41. The summed E-state index contributed by atoms with van der Waals surface area (Å²) in [5.41, 5.74) is 0.687. The minimum Gasteiger partial charge on any atom is -0.481 e. The highest BCUT2D eigenvalue weighted by molar-refractivity contribution is 5.66. The number of aliphatic hydroxyl groups is 6. The normalized spacial score (nSPS) is 24.0. The van der Waals surface area contributed by atoms with E-state index < -0.39 is 49.1 Å². The van der Waals surface area contributed by atoms with Crippen LogP contribution < -0.4 is 0 Å². The number of carboxylic acid groups (broad SMARTS) is 2. The van der Waals surface area contributed by atoms with Crippen LogP contribution in [0.15, 0.2) is 23.0 Å². The van der Waals surface area contributed by atoms with Crippen molar-refractivity contribution in [3.63, 3.8) is 0 Å². The van der Waals surface area contributed by atoms with Gasteiger partial charge in [-0.1, -0.05) is 0 Å². The molecule has 0 radical (unpaired) electrons. The molecule has 8 N–H and O–H groups in total. The van der Waals surface area contributed by atoms with Crippen molar-refractivity contribution in [2.75, 3.05) is 32.8 Å². The van der Waals surface area contributed by atoms with Crippen LogP contribution in [0.3, 0.4) is 0 Å². The number of aliphatic hydroxyl groups excluding tert-OH is 6. The number of hydrogen-bond acceptors (Lipinski definition) is 10. The first kappa shape index (κ1) is 26.0. The van der Waals surface area contributed by atoms with Crippen molar-refractivity contribution in [2.45, 2.75) is 56.2 Å². The first-order valence-electron chi connectivity index (χ1n) is 10.5. The highest BCUT2D eigenvalue weighted by Crippen LogP contribution is 2.35. The molecule has 0 aromatic rings. The monoisotopic (exact) mass is 460 g/mol. The zero-order chi connectivity index (χ0) is 24.0. The van der Waals surface area contributed by atoms with E-state index in [1.165, 1.54) is 6.20 Å². The quantitative estimate of drug-likeness (QED) is 0.150. The lowest BCUT2D eigenvalue weighted by atomic mass is 9.84. The highest BCUT2D eigenvalue weighted by atomic mass is 16.4. The number of aliphatic carboxylic acids is 2. The van der Waals surface area contributed by atoms with Crippen LogP contribution in [0.4, 0.5) is 0 Å². The molecule has 0 saturated heterocycles. The largest absolute Gasteiger partial charge is 0.481 e. The molecule has 0 spiro atoms. The van der Waals surface area contributed by atoms with Crippen molar-refractivity contribution >= 4 is 11.9 Å². The maximum Gasteiger partial charge on any atom is 0.303 e. The molecule has 0 amide bonds. The predicted molar refractivity (Wildman–Crippen MR) is 109 cm³/mol. The SMILES string of the molecule is O=C(O)CCCN1C=C([C@H](O)[C@H](O)[C@H](O)CO)C2=C(C1)N(CCCC(=O)O)C[C@@H](O)[C@H]2O. The number of hydrogen-bond donors (Lipinski definition) is 8. The van der Waals surface area contributed by atoms with Gasteiger partial charge in [-0.3, -0.25) is 9.59 Å². The molecular formula is C20H32N2O10. The van der Waals surface area contributed by atoms with Gasteiger partial charge in [-0.2, -0.15) is 0 Å². The molecule has 2 aliphatic rings. The number of nitrogens with zero attached hydrogens (tertiary/aromatic N) is 2. The molecule has 32 heavy (non-hydrogen) atoms. The number of β-amino-alcohol motifs (C(OH)–C–C–N with tert-alkyl or cyclic N) is 1. The fraction of sp³-hybridized carbons (Fsp3) is 0.700. The molecule has 0 aromatic carbocycles. The van der Waals surface area contributed by atoms with Crippen LogP contribution in [-0.2, 0) is 9.59 Å². The van der Waals surface area contributed by atoms with Crippen LogP contribution in [0.5, 0.6) is 0 Å². The summed E-state index contributed by atoms with van der Waals surface area (Å²) in [6.45, 7) is -0.0523. The molecule has 0 fully saturated rings. The minimum absolute atomic E-state index is 0.0216. The Kier molecular flexibility index (Phi) is 9.43. The molecule has 182 valence electrons. The number of carbonyl (C=O) groups is 2. The Labute approximate surface area is 184 Å². The Hall–Kier alpha value is -2.22. The Balaban J connectivity index is 2.39. The molecule has 0 aliphatic carbocycles. The summed E-state index contributed by atoms with van der Waals surface area (Å²) in [5.74, 6) is -1.95. The standard InChI is InChI=1S/C20H32N2O10/c23-10-14(25)20(32)18(30)11-7-21(5-1-3-15(26)27)8-12-17(11)19(31)13(24)9-22(12)6-2-4-16(28)29/h7,13-14,18-20,23-25,30-32H,1-6,8-10H2,(H,26,27)(H,28,29)/t13-,14-,18+,19-,20-/m1/s1. The average molecular weight is 460 g/mol. The van der Waals surface area contributed by atoms with Gasteiger partial charge in [0.2, 0.25) is 0 Å². The van der Waals surface area contributed by atoms with Crippen LogP contribution in [0.2, 0.25) is 0 Å². The van der Waals surface area contributed by atoms with E-state index in [1.807, 2.05) is 0 Å². The summed E-state index contributed by atoms with van der Waals surface area (Å²) in [6.07, 6.45) is -6.02. The molecule has 0 aromatic heterocycles. The number of carboxylic acids is 2. The third-order valence-electron chi connectivity index (χ3n) is 5.62. The van der Waals surface area contributed by atoms with Crippen LogP contribution in [0.1, 0.15) is 25.7 Å². The third kappa shape index (κ3) is 6.40. The molecule has 2 rings (SSSR count). The van der Waals surface area contributed by atoms with Crippen molar-refractivity contribution in [2.24, 2.45) is 0 Å². The zero-order valence-electron chi connectivity index (χ0n) is 17.6. The molecule has 12 heteroatoms. The lowest BCUT2D eigenvalue weighted by Gasteiger charge is -2.45. The van der Waals surface area contributed by atoms with Gasteiger partial charge in [0.25, 0.3) is 0 Å². The van der Waals surface area contributed by atoms with E-state index in [2.05, 4.69) is 0 Å². The van der Waals surface area contributed by atoms with Gasteiger partial charge in [0, 0.05) is 55.5 Å². The van der Waals surface area contributed by atoms with Crippen molar-refractivity contribution in [3.8, 4) is 0 Å². The molecule has 0 unspecified atom stereocenters. The van der Waals surface area contributed by atoms with E-state index in [0.717, 1.165) is 0 Å². The van der Waals surface area contributed by atoms with E-state index in [1.54, 1.807) is 9.80 Å². The van der Waals surface area contributed by atoms with Crippen LogP contribution in [0, 0.1) is 0 Å². The molecular weight excluding hydrogens is 428 g/mol. The summed E-state index contributed by atoms with van der Waals surface area (Å²) >= 11 is 0. The topological polar surface area (TPSA) is 202 Å². The Morgan fingerprint density at radius 2 is 1.62 bits per heavy atom. The van der Waals surface area contributed by atoms with Gasteiger partial charge in [0.1, 0.15) is 30.5 Å². The van der Waals surface area contributed by atoms with Gasteiger partial charge >= 0.3 is 11.9 Å². The first-order chi connectivity index (χ1) is 15.1. The molecule has 12 nitrogen and oxygen atoms in total. The number of rotatable bonds is 12. The van der Waals surface area contributed by atoms with Gasteiger partial charge in [0.05, 0.1) is 13.2 Å². The van der Waals surface area contributed by atoms with Crippen molar-refractivity contribution < 1.29 is 50.4 Å². The van der Waals surface area contributed by atoms with Gasteiger partial charge in [0.15, 0.2) is 0 Å². The van der Waals surface area contributed by atoms with Crippen molar-refractivity contribution in [1.82, 2.24) is 9.80 Å². The molecule has 0 bridgehead atoms. The van der Waals surface area contributed by atoms with Crippen LogP contribution in [-0.4, -0.2) is 126 Å². The van der Waals surface area contributed by atoms with E-state index in [4.69, 9.17) is 15.3 Å². The van der Waals surface area contributed by atoms with Crippen molar-refractivity contribution in [1.29, 1.82) is 0 Å². The molecule has 5 atom stereocenters. The van der Waals surface area contributed by atoms with Gasteiger partial charge < -0.3 is 50.7 Å². The van der Waals surface area contributed by atoms with E-state index in [0.29, 0.717) is 5.70 Å². The van der Waals surface area contributed by atoms with Crippen LogP contribution >= 0.6 is 0 Å². The first-order valence-corrected chi connectivity index (χ1v) is 10.5. The van der Waals surface area contributed by atoms with Gasteiger partial charge in [-0.25, -0.2) is 0 Å². The lowest BCUT2D eigenvalue weighted by molar-refractivity contribution is -0.138. The lowest BCUT2D eigenvalue weighted by Crippen LogP contribution is -2.52.